The number of rotatable bonds is 6. The summed E-state index contributed by atoms with van der Waals surface area (Å²) in [5, 5.41) is 9.32. The van der Waals surface area contributed by atoms with Crippen LogP contribution in [0.2, 0.25) is 0 Å². The number of hydrogen-bond acceptors (Lipinski definition) is 2. The van der Waals surface area contributed by atoms with Crippen molar-refractivity contribution >= 4 is 5.91 Å². The molecule has 0 saturated heterocycles. The molecule has 20 heavy (non-hydrogen) atoms. The maximum atomic E-state index is 12.4. The maximum absolute atomic E-state index is 12.4. The molecule has 0 spiro atoms. The Kier molecular flexibility index (Phi) is 5.88. The normalized spacial score (nSPS) is 33.5. The molecule has 2 aliphatic carbocycles. The summed E-state index contributed by atoms with van der Waals surface area (Å²) in [6.45, 7) is 3.09. The Morgan fingerprint density at radius 3 is 2.35 bits per heavy atom. The predicted octanol–water partition coefficient (Wildman–Crippen LogP) is 3.21. The first-order valence-corrected chi connectivity index (χ1v) is 8.53. The van der Waals surface area contributed by atoms with E-state index in [0.717, 1.165) is 38.1 Å². The molecule has 0 aromatic rings. The summed E-state index contributed by atoms with van der Waals surface area (Å²) in [6.07, 6.45) is 10.3. The minimum Gasteiger partial charge on any atom is -0.393 e. The zero-order valence-electron chi connectivity index (χ0n) is 13.2. The topological polar surface area (TPSA) is 40.5 Å². The van der Waals surface area contributed by atoms with Crippen molar-refractivity contribution in [3.8, 4) is 0 Å². The molecule has 2 saturated carbocycles. The molecule has 2 rings (SSSR count). The van der Waals surface area contributed by atoms with Gasteiger partial charge in [0.15, 0.2) is 0 Å². The lowest BCUT2D eigenvalue weighted by Crippen LogP contribution is -2.42. The molecule has 0 atom stereocenters. The molecule has 2 fully saturated rings. The third kappa shape index (κ3) is 4.21. The second-order valence-corrected chi connectivity index (χ2v) is 7.07. The summed E-state index contributed by atoms with van der Waals surface area (Å²) >= 11 is 0. The Morgan fingerprint density at radius 1 is 1.15 bits per heavy atom. The molecule has 116 valence electrons. The van der Waals surface area contributed by atoms with Crippen LogP contribution in [-0.4, -0.2) is 35.6 Å². The quantitative estimate of drug-likeness (QED) is 0.812. The predicted molar refractivity (Wildman–Crippen MR) is 81.3 cm³/mol. The van der Waals surface area contributed by atoms with E-state index in [1.54, 1.807) is 0 Å². The van der Waals surface area contributed by atoms with Crippen LogP contribution in [0.25, 0.3) is 0 Å². The van der Waals surface area contributed by atoms with Gasteiger partial charge in [-0.25, -0.2) is 0 Å². The first-order chi connectivity index (χ1) is 9.60. The highest BCUT2D eigenvalue weighted by molar-refractivity contribution is 5.78. The first kappa shape index (κ1) is 15.8. The lowest BCUT2D eigenvalue weighted by atomic mass is 9.78. The molecule has 1 N–H and O–H groups in total. The van der Waals surface area contributed by atoms with Crippen molar-refractivity contribution in [3.05, 3.63) is 0 Å². The lowest BCUT2D eigenvalue weighted by Gasteiger charge is -2.36. The third-order valence-corrected chi connectivity index (χ3v) is 5.28. The summed E-state index contributed by atoms with van der Waals surface area (Å²) in [4.78, 5) is 14.4. The second kappa shape index (κ2) is 7.44. The van der Waals surface area contributed by atoms with Crippen LogP contribution >= 0.6 is 0 Å². The van der Waals surface area contributed by atoms with Crippen LogP contribution in [0, 0.1) is 17.8 Å². The van der Waals surface area contributed by atoms with E-state index in [-0.39, 0.29) is 12.0 Å². The summed E-state index contributed by atoms with van der Waals surface area (Å²) in [5.41, 5.74) is 0. The van der Waals surface area contributed by atoms with Crippen molar-refractivity contribution in [2.75, 3.05) is 13.6 Å². The van der Waals surface area contributed by atoms with Gasteiger partial charge in [-0.05, 0) is 50.4 Å². The highest BCUT2D eigenvalue weighted by Gasteiger charge is 2.32. The fourth-order valence-corrected chi connectivity index (χ4v) is 3.83. The van der Waals surface area contributed by atoms with E-state index in [2.05, 4.69) is 6.92 Å². The minimum absolute atomic E-state index is 0.113. The van der Waals surface area contributed by atoms with E-state index in [0.29, 0.717) is 11.8 Å². The van der Waals surface area contributed by atoms with E-state index in [4.69, 9.17) is 0 Å². The van der Waals surface area contributed by atoms with Crippen LogP contribution in [-0.2, 0) is 4.79 Å². The van der Waals surface area contributed by atoms with Crippen molar-refractivity contribution in [2.45, 2.75) is 70.8 Å². The molecule has 0 unspecified atom stereocenters. The molecule has 0 radical (unpaired) electrons. The minimum atomic E-state index is -0.113. The van der Waals surface area contributed by atoms with Crippen LogP contribution in [0.15, 0.2) is 0 Å². The molecule has 3 heteroatoms. The Balaban J connectivity index is 1.68. The van der Waals surface area contributed by atoms with Gasteiger partial charge in [0.25, 0.3) is 0 Å². The van der Waals surface area contributed by atoms with Crippen LogP contribution in [0.3, 0.4) is 0 Å². The van der Waals surface area contributed by atoms with Gasteiger partial charge >= 0.3 is 0 Å². The van der Waals surface area contributed by atoms with Gasteiger partial charge in [-0.15, -0.1) is 0 Å². The Labute approximate surface area is 123 Å². The number of amides is 1. The monoisotopic (exact) mass is 281 g/mol. The average Bonchev–Trinajstić information content (AvgIpc) is 2.43. The molecule has 3 nitrogen and oxygen atoms in total. The number of aliphatic hydroxyl groups excluding tert-OH is 1. The molecule has 0 aromatic heterocycles. The maximum Gasteiger partial charge on any atom is 0.225 e. The van der Waals surface area contributed by atoms with E-state index < -0.39 is 0 Å². The Morgan fingerprint density at radius 2 is 1.80 bits per heavy atom. The van der Waals surface area contributed by atoms with Gasteiger partial charge in [0.1, 0.15) is 0 Å². The van der Waals surface area contributed by atoms with Gasteiger partial charge in [-0.1, -0.05) is 26.2 Å². The Bertz CT molecular complexity index is 304. The number of carbonyl (C=O) groups excluding carboxylic acids is 1. The fraction of sp³-hybridized carbons (Fsp3) is 0.941. The van der Waals surface area contributed by atoms with Crippen LogP contribution in [0.5, 0.6) is 0 Å². The highest BCUT2D eigenvalue weighted by Crippen LogP contribution is 2.33. The summed E-state index contributed by atoms with van der Waals surface area (Å²) in [6, 6.07) is 0. The van der Waals surface area contributed by atoms with Crippen LogP contribution < -0.4 is 0 Å². The first-order valence-electron chi connectivity index (χ1n) is 8.53. The number of carbonyl (C=O) groups is 1. The summed E-state index contributed by atoms with van der Waals surface area (Å²) in [7, 11) is 1.94. The molecular weight excluding hydrogens is 250 g/mol. The molecular formula is C17H31NO2. The van der Waals surface area contributed by atoms with Crippen molar-refractivity contribution < 1.29 is 9.90 Å². The van der Waals surface area contributed by atoms with Crippen LogP contribution in [0.4, 0.5) is 0 Å². The molecule has 2 aliphatic rings. The fourth-order valence-electron chi connectivity index (χ4n) is 3.83. The van der Waals surface area contributed by atoms with Crippen molar-refractivity contribution in [1.29, 1.82) is 0 Å². The molecule has 1 amide bonds. The summed E-state index contributed by atoms with van der Waals surface area (Å²) < 4.78 is 0. The van der Waals surface area contributed by atoms with Crippen molar-refractivity contribution in [2.24, 2.45) is 17.8 Å². The second-order valence-electron chi connectivity index (χ2n) is 7.07. The lowest BCUT2D eigenvalue weighted by molar-refractivity contribution is -0.137. The van der Waals surface area contributed by atoms with E-state index in [1.165, 1.54) is 32.1 Å². The van der Waals surface area contributed by atoms with Crippen LogP contribution in [0.1, 0.15) is 64.7 Å². The summed E-state index contributed by atoms with van der Waals surface area (Å²) in [5.74, 6) is 2.01. The van der Waals surface area contributed by atoms with Gasteiger partial charge in [0.2, 0.25) is 5.91 Å². The van der Waals surface area contributed by atoms with E-state index in [9.17, 15) is 9.90 Å². The number of nitrogens with zero attached hydrogens (tertiary/aromatic N) is 1. The smallest absolute Gasteiger partial charge is 0.225 e. The third-order valence-electron chi connectivity index (χ3n) is 5.28. The SMILES string of the molecule is CCCCC1CCC(C(=O)N(C)CC2CC(O)C2)CC1. The van der Waals surface area contributed by atoms with Gasteiger partial charge in [-0.3, -0.25) is 4.79 Å². The zero-order chi connectivity index (χ0) is 14.5. The Hall–Kier alpha value is -0.570. The number of hydrogen-bond donors (Lipinski definition) is 1. The van der Waals surface area contributed by atoms with Gasteiger partial charge < -0.3 is 10.0 Å². The highest BCUT2D eigenvalue weighted by atomic mass is 16.3. The van der Waals surface area contributed by atoms with Gasteiger partial charge in [-0.2, -0.15) is 0 Å². The number of aliphatic hydroxyl groups is 1. The van der Waals surface area contributed by atoms with E-state index >= 15 is 0 Å². The zero-order valence-corrected chi connectivity index (χ0v) is 13.2. The number of unbranched alkanes of at least 4 members (excludes halogenated alkanes) is 1. The standard InChI is InChI=1S/C17H31NO2/c1-3-4-5-13-6-8-15(9-7-13)17(20)18(2)12-14-10-16(19)11-14/h13-16,19H,3-12H2,1-2H3. The van der Waals surface area contributed by atoms with Crippen molar-refractivity contribution in [1.82, 2.24) is 4.90 Å². The van der Waals surface area contributed by atoms with Gasteiger partial charge in [0.05, 0.1) is 6.10 Å². The van der Waals surface area contributed by atoms with E-state index in [1.807, 2.05) is 11.9 Å². The van der Waals surface area contributed by atoms with Gasteiger partial charge in [0, 0.05) is 19.5 Å². The van der Waals surface area contributed by atoms with Crippen molar-refractivity contribution in [3.63, 3.8) is 0 Å². The molecule has 0 heterocycles. The molecule has 0 aromatic carbocycles. The molecule has 0 aliphatic heterocycles. The molecule has 0 bridgehead atoms. The average molecular weight is 281 g/mol. The largest absolute Gasteiger partial charge is 0.393 e.